The van der Waals surface area contributed by atoms with Crippen LogP contribution in [0.15, 0.2) is 12.4 Å². The molecule has 1 amide bonds. The Balaban J connectivity index is 1.72. The molecule has 8 heteroatoms. The Bertz CT molecular complexity index is 797. The van der Waals surface area contributed by atoms with E-state index in [1.165, 1.54) is 17.7 Å². The molecule has 7 nitrogen and oxygen atoms in total. The van der Waals surface area contributed by atoms with Crippen molar-refractivity contribution in [1.29, 1.82) is 5.26 Å². The fraction of sp³-hybridized carbons (Fsp3) is 0.500. The molecule has 126 valence electrons. The monoisotopic (exact) mass is 345 g/mol. The average Bonchev–Trinajstić information content (AvgIpc) is 2.96. The Labute approximate surface area is 144 Å². The van der Waals surface area contributed by atoms with Gasteiger partial charge in [-0.3, -0.25) is 0 Å². The molecule has 0 radical (unpaired) electrons. The van der Waals surface area contributed by atoms with Gasteiger partial charge < -0.3 is 14.5 Å². The van der Waals surface area contributed by atoms with Gasteiger partial charge in [-0.05, 0) is 26.8 Å². The molecule has 0 N–H and O–H groups in total. The first-order valence-electron chi connectivity index (χ1n) is 7.75. The van der Waals surface area contributed by atoms with E-state index in [-0.39, 0.29) is 6.09 Å². The first kappa shape index (κ1) is 16.5. The molecular formula is C16H19N5O2S. The van der Waals surface area contributed by atoms with E-state index in [2.05, 4.69) is 20.9 Å². The summed E-state index contributed by atoms with van der Waals surface area (Å²) in [4.78, 5) is 26.0. The predicted molar refractivity (Wildman–Crippen MR) is 92.2 cm³/mol. The SMILES string of the molecule is CC(C)(C)OC(=O)N1CCN(c2ncnc3sc(C#N)cc23)CC1. The van der Waals surface area contributed by atoms with E-state index in [0.29, 0.717) is 31.1 Å². The van der Waals surface area contributed by atoms with Crippen LogP contribution in [0.1, 0.15) is 25.6 Å². The summed E-state index contributed by atoms with van der Waals surface area (Å²) in [5.41, 5.74) is -0.489. The number of thiophene rings is 1. The predicted octanol–water partition coefficient (Wildman–Crippen LogP) is 2.62. The van der Waals surface area contributed by atoms with Crippen LogP contribution < -0.4 is 4.90 Å². The molecule has 2 aromatic heterocycles. The summed E-state index contributed by atoms with van der Waals surface area (Å²) in [6.07, 6.45) is 1.24. The number of carbonyl (C=O) groups excluding carboxylic acids is 1. The number of piperazine rings is 1. The third-order valence-corrected chi connectivity index (χ3v) is 4.60. The molecule has 1 aliphatic rings. The van der Waals surface area contributed by atoms with Gasteiger partial charge >= 0.3 is 6.09 Å². The number of amides is 1. The Morgan fingerprint density at radius 3 is 2.62 bits per heavy atom. The smallest absolute Gasteiger partial charge is 0.410 e. The van der Waals surface area contributed by atoms with Crippen LogP contribution in [0.3, 0.4) is 0 Å². The largest absolute Gasteiger partial charge is 0.444 e. The third kappa shape index (κ3) is 3.41. The minimum Gasteiger partial charge on any atom is -0.444 e. The van der Waals surface area contributed by atoms with Crippen LogP contribution in [0.2, 0.25) is 0 Å². The van der Waals surface area contributed by atoms with Crippen LogP contribution in [0, 0.1) is 11.3 Å². The summed E-state index contributed by atoms with van der Waals surface area (Å²) in [5, 5.41) is 9.96. The molecule has 0 atom stereocenters. The van der Waals surface area contributed by atoms with Crippen molar-refractivity contribution in [3.63, 3.8) is 0 Å². The fourth-order valence-corrected chi connectivity index (χ4v) is 3.37. The first-order chi connectivity index (χ1) is 11.4. The van der Waals surface area contributed by atoms with Gasteiger partial charge in [0.05, 0.1) is 5.39 Å². The zero-order valence-electron chi connectivity index (χ0n) is 13.9. The number of nitrogens with zero attached hydrogens (tertiary/aromatic N) is 5. The number of ether oxygens (including phenoxy) is 1. The molecule has 0 unspecified atom stereocenters. The lowest BCUT2D eigenvalue weighted by Gasteiger charge is -2.36. The van der Waals surface area contributed by atoms with E-state index in [9.17, 15) is 4.79 Å². The molecule has 1 saturated heterocycles. The molecule has 24 heavy (non-hydrogen) atoms. The highest BCUT2D eigenvalue weighted by Crippen LogP contribution is 2.30. The Morgan fingerprint density at radius 1 is 1.29 bits per heavy atom. The molecule has 0 spiro atoms. The van der Waals surface area contributed by atoms with Crippen molar-refractivity contribution in [2.45, 2.75) is 26.4 Å². The second-order valence-corrected chi connectivity index (χ2v) is 7.62. The summed E-state index contributed by atoms with van der Waals surface area (Å²) in [7, 11) is 0. The lowest BCUT2D eigenvalue weighted by Crippen LogP contribution is -2.50. The minimum absolute atomic E-state index is 0.280. The summed E-state index contributed by atoms with van der Waals surface area (Å²) in [6, 6.07) is 3.98. The van der Waals surface area contributed by atoms with Gasteiger partial charge in [0.15, 0.2) is 0 Å². The highest BCUT2D eigenvalue weighted by Gasteiger charge is 2.27. The lowest BCUT2D eigenvalue weighted by atomic mass is 10.2. The van der Waals surface area contributed by atoms with E-state index in [0.717, 1.165) is 16.0 Å². The normalized spacial score (nSPS) is 15.4. The number of aromatic nitrogens is 2. The van der Waals surface area contributed by atoms with E-state index < -0.39 is 5.60 Å². The van der Waals surface area contributed by atoms with Crippen LogP contribution in [-0.2, 0) is 4.74 Å². The highest BCUT2D eigenvalue weighted by molar-refractivity contribution is 7.19. The van der Waals surface area contributed by atoms with Crippen LogP contribution in [0.5, 0.6) is 0 Å². The number of hydrogen-bond donors (Lipinski definition) is 0. The van der Waals surface area contributed by atoms with Crippen LogP contribution in [0.25, 0.3) is 10.2 Å². The topological polar surface area (TPSA) is 82.3 Å². The van der Waals surface area contributed by atoms with E-state index >= 15 is 0 Å². The third-order valence-electron chi connectivity index (χ3n) is 3.65. The van der Waals surface area contributed by atoms with Gasteiger partial charge in [-0.15, -0.1) is 11.3 Å². The van der Waals surface area contributed by atoms with Gasteiger partial charge in [0.25, 0.3) is 0 Å². The Morgan fingerprint density at radius 2 is 2.00 bits per heavy atom. The molecule has 0 aliphatic carbocycles. The Hall–Kier alpha value is -2.40. The van der Waals surface area contributed by atoms with Crippen LogP contribution >= 0.6 is 11.3 Å². The van der Waals surface area contributed by atoms with E-state index in [1.807, 2.05) is 26.8 Å². The summed E-state index contributed by atoms with van der Waals surface area (Å²) in [6.45, 7) is 8.09. The minimum atomic E-state index is -0.489. The van der Waals surface area contributed by atoms with E-state index in [4.69, 9.17) is 10.00 Å². The maximum atomic E-state index is 12.1. The number of rotatable bonds is 1. The molecule has 1 fully saturated rings. The molecule has 0 saturated carbocycles. The van der Waals surface area contributed by atoms with Crippen molar-refractivity contribution in [3.8, 4) is 6.07 Å². The van der Waals surface area contributed by atoms with Crippen molar-refractivity contribution in [2.75, 3.05) is 31.1 Å². The second-order valence-electron chi connectivity index (χ2n) is 6.59. The number of carbonyl (C=O) groups is 1. The molecule has 3 rings (SSSR count). The van der Waals surface area contributed by atoms with Crippen molar-refractivity contribution in [3.05, 3.63) is 17.3 Å². The zero-order valence-corrected chi connectivity index (χ0v) is 14.8. The molecule has 1 aliphatic heterocycles. The highest BCUT2D eigenvalue weighted by atomic mass is 32.1. The van der Waals surface area contributed by atoms with Gasteiger partial charge in [0.1, 0.15) is 33.5 Å². The van der Waals surface area contributed by atoms with Crippen molar-refractivity contribution in [2.24, 2.45) is 0 Å². The fourth-order valence-electron chi connectivity index (χ4n) is 2.58. The summed E-state index contributed by atoms with van der Waals surface area (Å²) >= 11 is 1.36. The molecular weight excluding hydrogens is 326 g/mol. The lowest BCUT2D eigenvalue weighted by molar-refractivity contribution is 0.0240. The molecule has 0 bridgehead atoms. The van der Waals surface area contributed by atoms with Crippen molar-refractivity contribution in [1.82, 2.24) is 14.9 Å². The maximum absolute atomic E-state index is 12.1. The molecule has 3 heterocycles. The van der Waals surface area contributed by atoms with Gasteiger partial charge in [-0.25, -0.2) is 14.8 Å². The number of anilines is 1. The number of nitriles is 1. The summed E-state index contributed by atoms with van der Waals surface area (Å²) in [5.74, 6) is 0.821. The van der Waals surface area contributed by atoms with Gasteiger partial charge in [-0.2, -0.15) is 5.26 Å². The van der Waals surface area contributed by atoms with Crippen LogP contribution in [0.4, 0.5) is 10.6 Å². The maximum Gasteiger partial charge on any atom is 0.410 e. The Kier molecular flexibility index (Phi) is 4.28. The van der Waals surface area contributed by atoms with Crippen molar-refractivity contribution < 1.29 is 9.53 Å². The first-order valence-corrected chi connectivity index (χ1v) is 8.56. The van der Waals surface area contributed by atoms with E-state index in [1.54, 1.807) is 4.90 Å². The molecule has 0 aromatic carbocycles. The van der Waals surface area contributed by atoms with Gasteiger partial charge in [-0.1, -0.05) is 0 Å². The number of hydrogen-bond acceptors (Lipinski definition) is 7. The number of fused-ring (bicyclic) bond motifs is 1. The van der Waals surface area contributed by atoms with Gasteiger partial charge in [0, 0.05) is 26.2 Å². The second kappa shape index (κ2) is 6.24. The average molecular weight is 345 g/mol. The van der Waals surface area contributed by atoms with Crippen LogP contribution in [-0.4, -0.2) is 52.7 Å². The van der Waals surface area contributed by atoms with Crippen molar-refractivity contribution >= 4 is 33.5 Å². The standard InChI is InChI=1S/C16H19N5O2S/c1-16(2,3)23-15(22)21-6-4-20(5-7-21)13-12-8-11(9-17)24-14(12)19-10-18-13/h8,10H,4-7H2,1-3H3. The van der Waals surface area contributed by atoms with Gasteiger partial charge in [0.2, 0.25) is 0 Å². The summed E-state index contributed by atoms with van der Waals surface area (Å²) < 4.78 is 5.41. The molecule has 2 aromatic rings. The quantitative estimate of drug-likeness (QED) is 0.790. The zero-order chi connectivity index (χ0) is 17.3.